The molecule has 2 fully saturated rings. The molecule has 7 rings (SSSR count). The standard InChI is InChI=1S/C49H57ClF3N5O7S3/c1-3-46(59)48(2)21-19-43(35-9-13-38(50)14-10-35)37(32-48)33-57-23-25-58(26-24-57)40-15-11-36(12-16-40)47(60)55-68(63,64)42-17-18-44(45(31-42)67(61,62)49(51,52)53)54-39(20-22-56-27-29-65-30-28-56)34-66-41-7-5-4-6-8-41/h4-18,31,39,54H,3,19-30,32-34H2,1-2H3,(H,55,60). The average Bonchev–Trinajstić information content (AvgIpc) is 3.33. The first-order valence-corrected chi connectivity index (χ1v) is 27.0. The number of Topliss-reactive ketones (excluding diaryl/α,β-unsaturated/α-hetero) is 1. The van der Waals surface area contributed by atoms with E-state index in [0.29, 0.717) is 82.0 Å². The molecule has 4 aromatic carbocycles. The summed E-state index contributed by atoms with van der Waals surface area (Å²) in [6.07, 6.45) is 3.21. The number of hydrogen-bond acceptors (Lipinski definition) is 12. The number of morpholine rings is 1. The number of nitrogens with one attached hydrogen (secondary N) is 2. The lowest BCUT2D eigenvalue weighted by Crippen LogP contribution is -2.47. The number of ether oxygens (including phenoxy) is 1. The van der Waals surface area contributed by atoms with Crippen molar-refractivity contribution in [2.45, 2.75) is 72.2 Å². The lowest BCUT2D eigenvalue weighted by molar-refractivity contribution is -0.128. The summed E-state index contributed by atoms with van der Waals surface area (Å²) in [5.74, 6) is -0.416. The molecular formula is C49H57ClF3N5O7S3. The van der Waals surface area contributed by atoms with E-state index in [1.54, 1.807) is 12.1 Å². The summed E-state index contributed by atoms with van der Waals surface area (Å²) in [5, 5.41) is 3.65. The molecule has 2 atom stereocenters. The van der Waals surface area contributed by atoms with Gasteiger partial charge in [-0.2, -0.15) is 13.2 Å². The normalized spacial score (nSPS) is 19.4. The van der Waals surface area contributed by atoms with Gasteiger partial charge < -0.3 is 15.0 Å². The second kappa shape index (κ2) is 22.1. The van der Waals surface area contributed by atoms with Crippen LogP contribution in [-0.2, 0) is 29.4 Å². The van der Waals surface area contributed by atoms with E-state index < -0.39 is 58.2 Å². The Morgan fingerprint density at radius 3 is 2.19 bits per heavy atom. The molecule has 12 nitrogen and oxygen atoms in total. The van der Waals surface area contributed by atoms with Crippen molar-refractivity contribution in [1.29, 1.82) is 0 Å². The van der Waals surface area contributed by atoms with Gasteiger partial charge in [0.05, 0.1) is 23.8 Å². The van der Waals surface area contributed by atoms with Crippen LogP contribution in [0.2, 0.25) is 5.02 Å². The molecule has 0 saturated carbocycles. The fourth-order valence-corrected chi connectivity index (χ4v) is 12.1. The van der Waals surface area contributed by atoms with Gasteiger partial charge in [-0.25, -0.2) is 21.6 Å². The Morgan fingerprint density at radius 2 is 1.54 bits per heavy atom. The van der Waals surface area contributed by atoms with E-state index in [0.717, 1.165) is 60.8 Å². The number of sulfone groups is 1. The van der Waals surface area contributed by atoms with Gasteiger partial charge in [0, 0.05) is 97.2 Å². The summed E-state index contributed by atoms with van der Waals surface area (Å²) in [6, 6.07) is 25.4. The number of sulfonamides is 1. The molecule has 0 bridgehead atoms. The fourth-order valence-electron chi connectivity index (χ4n) is 8.99. The number of benzene rings is 4. The van der Waals surface area contributed by atoms with Crippen LogP contribution in [0.3, 0.4) is 0 Å². The Balaban J connectivity index is 1.02. The van der Waals surface area contributed by atoms with Gasteiger partial charge in [-0.05, 0) is 104 Å². The minimum absolute atomic E-state index is 0.0277. The molecule has 2 N–H and O–H groups in total. The van der Waals surface area contributed by atoms with E-state index in [9.17, 15) is 39.6 Å². The predicted octanol–water partition coefficient (Wildman–Crippen LogP) is 8.79. The minimum atomic E-state index is -6.07. The Kier molecular flexibility index (Phi) is 16.7. The number of anilines is 2. The first-order chi connectivity index (χ1) is 32.3. The highest BCUT2D eigenvalue weighted by molar-refractivity contribution is 7.99. The van der Waals surface area contributed by atoms with Crippen molar-refractivity contribution in [3.8, 4) is 0 Å². The van der Waals surface area contributed by atoms with Crippen LogP contribution in [0.25, 0.3) is 5.57 Å². The topological polar surface area (TPSA) is 145 Å². The summed E-state index contributed by atoms with van der Waals surface area (Å²) in [7, 11) is -10.9. The molecule has 3 aliphatic rings. The van der Waals surface area contributed by atoms with E-state index in [1.807, 2.05) is 66.2 Å². The minimum Gasteiger partial charge on any atom is -0.380 e. The fraction of sp³-hybridized carbons (Fsp3) is 0.429. The Hall–Kier alpha value is -4.43. The highest BCUT2D eigenvalue weighted by atomic mass is 35.5. The molecule has 2 aliphatic heterocycles. The number of hydrogen-bond donors (Lipinski definition) is 2. The number of carbonyl (C=O) groups excluding carboxylic acids is 2. The Morgan fingerprint density at radius 1 is 0.868 bits per heavy atom. The molecular weight excluding hydrogens is 959 g/mol. The zero-order valence-corrected chi connectivity index (χ0v) is 41.3. The summed E-state index contributed by atoms with van der Waals surface area (Å²) in [5.41, 5.74) is -2.17. The number of amides is 1. The van der Waals surface area contributed by atoms with E-state index in [4.69, 9.17) is 16.3 Å². The van der Waals surface area contributed by atoms with E-state index in [-0.39, 0.29) is 11.3 Å². The first-order valence-electron chi connectivity index (χ1n) is 22.7. The molecule has 1 amide bonds. The maximum atomic E-state index is 14.2. The largest absolute Gasteiger partial charge is 0.501 e. The molecule has 2 heterocycles. The molecule has 1 aliphatic carbocycles. The number of nitrogens with zero attached hydrogens (tertiary/aromatic N) is 3. The van der Waals surface area contributed by atoms with Gasteiger partial charge in [-0.3, -0.25) is 19.4 Å². The van der Waals surface area contributed by atoms with Crippen LogP contribution in [0.4, 0.5) is 24.5 Å². The third-order valence-electron chi connectivity index (χ3n) is 13.0. The lowest BCUT2D eigenvalue weighted by atomic mass is 9.68. The molecule has 366 valence electrons. The Labute approximate surface area is 406 Å². The van der Waals surface area contributed by atoms with Crippen LogP contribution >= 0.6 is 23.4 Å². The van der Waals surface area contributed by atoms with Crippen molar-refractivity contribution in [3.05, 3.63) is 119 Å². The summed E-state index contributed by atoms with van der Waals surface area (Å²) in [6.45, 7) is 10.5. The van der Waals surface area contributed by atoms with E-state index in [1.165, 1.54) is 35.0 Å². The third-order valence-corrected chi connectivity index (χ3v) is 17.2. The molecule has 68 heavy (non-hydrogen) atoms. The number of carbonyl (C=O) groups is 2. The van der Waals surface area contributed by atoms with Gasteiger partial charge in [0.15, 0.2) is 0 Å². The number of halogens is 4. The number of alkyl halides is 3. The van der Waals surface area contributed by atoms with Gasteiger partial charge >= 0.3 is 5.51 Å². The van der Waals surface area contributed by atoms with E-state index in [2.05, 4.69) is 26.9 Å². The smallest absolute Gasteiger partial charge is 0.380 e. The second-order valence-electron chi connectivity index (χ2n) is 17.7. The maximum Gasteiger partial charge on any atom is 0.501 e. The quantitative estimate of drug-likeness (QED) is 0.0920. The van der Waals surface area contributed by atoms with Crippen molar-refractivity contribution >= 4 is 71.9 Å². The number of ketones is 1. The van der Waals surface area contributed by atoms with Crippen molar-refractivity contribution < 1.29 is 44.3 Å². The van der Waals surface area contributed by atoms with Crippen LogP contribution < -0.4 is 14.9 Å². The Bertz CT molecular complexity index is 2660. The zero-order chi connectivity index (χ0) is 48.7. The van der Waals surface area contributed by atoms with Gasteiger partial charge in [0.1, 0.15) is 10.7 Å². The van der Waals surface area contributed by atoms with Gasteiger partial charge in [0.2, 0.25) is 0 Å². The number of thioether (sulfide) groups is 1. The van der Waals surface area contributed by atoms with Crippen LogP contribution in [0.15, 0.2) is 117 Å². The molecule has 0 aromatic heterocycles. The average molecular weight is 1020 g/mol. The number of rotatable bonds is 18. The molecule has 19 heteroatoms. The second-order valence-corrected chi connectivity index (χ2v) is 22.8. The van der Waals surface area contributed by atoms with Crippen LogP contribution in [0.5, 0.6) is 0 Å². The monoisotopic (exact) mass is 1020 g/mol. The summed E-state index contributed by atoms with van der Waals surface area (Å²) < 4.78 is 103. The molecule has 4 aromatic rings. The molecule has 0 spiro atoms. The predicted molar refractivity (Wildman–Crippen MR) is 262 cm³/mol. The molecule has 0 radical (unpaired) electrons. The van der Waals surface area contributed by atoms with Crippen molar-refractivity contribution in [1.82, 2.24) is 14.5 Å². The zero-order valence-electron chi connectivity index (χ0n) is 38.1. The first kappa shape index (κ1) is 51.4. The maximum absolute atomic E-state index is 14.2. The third kappa shape index (κ3) is 12.7. The molecule has 2 unspecified atom stereocenters. The van der Waals surface area contributed by atoms with Gasteiger partial charge in [0.25, 0.3) is 25.8 Å². The lowest BCUT2D eigenvalue weighted by Gasteiger charge is -2.40. The SMILES string of the molecule is CCC(=O)C1(C)CCC(c2ccc(Cl)cc2)=C(CN2CCN(c3ccc(C(=O)NS(=O)(=O)c4ccc(NC(CCN5CCOCC5)CSc5ccccc5)c(S(=O)(=O)C(F)(F)F)c4)cc3)CC2)C1. The highest BCUT2D eigenvalue weighted by Crippen LogP contribution is 2.44. The number of piperazine rings is 1. The van der Waals surface area contributed by atoms with Crippen LogP contribution in [0.1, 0.15) is 61.9 Å². The van der Waals surface area contributed by atoms with Crippen molar-refractivity contribution in [3.63, 3.8) is 0 Å². The highest BCUT2D eigenvalue weighted by Gasteiger charge is 2.48. The van der Waals surface area contributed by atoms with E-state index >= 15 is 0 Å². The molecule has 2 saturated heterocycles. The van der Waals surface area contributed by atoms with Crippen LogP contribution in [0, 0.1) is 5.41 Å². The summed E-state index contributed by atoms with van der Waals surface area (Å²) >= 11 is 7.65. The van der Waals surface area contributed by atoms with Crippen molar-refractivity contribution in [2.24, 2.45) is 5.41 Å². The van der Waals surface area contributed by atoms with Crippen LogP contribution in [-0.4, -0.2) is 121 Å². The van der Waals surface area contributed by atoms with Gasteiger partial charge in [-0.1, -0.05) is 61.4 Å². The van der Waals surface area contributed by atoms with Crippen molar-refractivity contribution in [2.75, 3.05) is 81.5 Å². The van der Waals surface area contributed by atoms with Gasteiger partial charge in [-0.15, -0.1) is 11.8 Å². The number of allylic oxidation sites excluding steroid dienone is 1. The summed E-state index contributed by atoms with van der Waals surface area (Å²) in [4.78, 5) is 31.9.